The van der Waals surface area contributed by atoms with Crippen LogP contribution in [-0.2, 0) is 9.53 Å². The summed E-state index contributed by atoms with van der Waals surface area (Å²) in [5.74, 6) is -1.90. The number of hydrogen-bond acceptors (Lipinski definition) is 5. The summed E-state index contributed by atoms with van der Waals surface area (Å²) in [7, 11) is 0. The van der Waals surface area contributed by atoms with Crippen LogP contribution in [0.15, 0.2) is 22.8 Å². The van der Waals surface area contributed by atoms with Crippen LogP contribution in [0.3, 0.4) is 0 Å². The zero-order valence-electron chi connectivity index (χ0n) is 10.1. The predicted octanol–water partition coefficient (Wildman–Crippen LogP) is 2.21. The first-order valence-electron chi connectivity index (χ1n) is 5.60. The standard InChI is InChI=1S/C12H10Cl2N2O4/c13-6-3-7(14)10(16-4-6)11(17)9(12(18)19)8-5-20-2-1-15-8/h3-4,17H,1-2,5H2,(H,18,19). The summed E-state index contributed by atoms with van der Waals surface area (Å²) in [4.78, 5) is 19.2. The second-order valence-electron chi connectivity index (χ2n) is 3.89. The van der Waals surface area contributed by atoms with Crippen LogP contribution in [0.4, 0.5) is 0 Å². The van der Waals surface area contributed by atoms with E-state index in [1.54, 1.807) is 0 Å². The highest BCUT2D eigenvalue weighted by molar-refractivity contribution is 6.35. The topological polar surface area (TPSA) is 92.0 Å². The number of halogens is 2. The van der Waals surface area contributed by atoms with Gasteiger partial charge in [-0.05, 0) is 6.07 Å². The molecule has 2 N–H and O–H groups in total. The largest absolute Gasteiger partial charge is 0.505 e. The molecule has 0 aliphatic carbocycles. The molecule has 20 heavy (non-hydrogen) atoms. The molecule has 0 unspecified atom stereocenters. The minimum absolute atomic E-state index is 0.0108. The Morgan fingerprint density at radius 1 is 1.35 bits per heavy atom. The molecule has 2 rings (SSSR count). The molecule has 1 aromatic rings. The molecule has 106 valence electrons. The number of rotatable bonds is 3. The van der Waals surface area contributed by atoms with Gasteiger partial charge in [0.1, 0.15) is 11.3 Å². The van der Waals surface area contributed by atoms with Gasteiger partial charge in [0.25, 0.3) is 0 Å². The third-order valence-corrected chi connectivity index (χ3v) is 3.04. The van der Waals surface area contributed by atoms with Gasteiger partial charge in [-0.1, -0.05) is 23.2 Å². The van der Waals surface area contributed by atoms with Crippen molar-refractivity contribution >= 4 is 40.6 Å². The number of aliphatic imine (C=N–C) groups is 1. The minimum Gasteiger partial charge on any atom is -0.505 e. The Morgan fingerprint density at radius 3 is 2.65 bits per heavy atom. The average Bonchev–Trinajstić information content (AvgIpc) is 2.39. The molecule has 0 amide bonds. The molecule has 0 spiro atoms. The summed E-state index contributed by atoms with van der Waals surface area (Å²) in [6.45, 7) is 0.759. The van der Waals surface area contributed by atoms with E-state index in [9.17, 15) is 15.0 Å². The van der Waals surface area contributed by atoms with E-state index in [4.69, 9.17) is 27.9 Å². The Bertz CT molecular complexity index is 613. The van der Waals surface area contributed by atoms with E-state index in [-0.39, 0.29) is 33.6 Å². The van der Waals surface area contributed by atoms with E-state index in [1.807, 2.05) is 0 Å². The van der Waals surface area contributed by atoms with E-state index in [0.29, 0.717) is 13.2 Å². The second-order valence-corrected chi connectivity index (χ2v) is 4.74. The lowest BCUT2D eigenvalue weighted by molar-refractivity contribution is -0.132. The maximum Gasteiger partial charge on any atom is 0.341 e. The Hall–Kier alpha value is -1.63. The van der Waals surface area contributed by atoms with Crippen molar-refractivity contribution in [2.24, 2.45) is 4.99 Å². The van der Waals surface area contributed by atoms with Crippen LogP contribution < -0.4 is 0 Å². The van der Waals surface area contributed by atoms with Crippen molar-refractivity contribution in [3.63, 3.8) is 0 Å². The van der Waals surface area contributed by atoms with Crippen molar-refractivity contribution in [3.05, 3.63) is 33.6 Å². The Kier molecular flexibility index (Phi) is 4.59. The number of hydrogen-bond donors (Lipinski definition) is 2. The van der Waals surface area contributed by atoms with Gasteiger partial charge in [0.05, 0.1) is 35.5 Å². The molecule has 0 aromatic carbocycles. The van der Waals surface area contributed by atoms with Crippen LogP contribution in [-0.4, -0.2) is 46.6 Å². The summed E-state index contributed by atoms with van der Waals surface area (Å²) in [5.41, 5.74) is -0.294. The van der Waals surface area contributed by atoms with E-state index in [1.165, 1.54) is 12.3 Å². The number of ether oxygens (including phenoxy) is 1. The molecule has 1 aliphatic heterocycles. The van der Waals surface area contributed by atoms with Crippen molar-refractivity contribution in [2.45, 2.75) is 0 Å². The monoisotopic (exact) mass is 316 g/mol. The lowest BCUT2D eigenvalue weighted by Gasteiger charge is -2.15. The van der Waals surface area contributed by atoms with Gasteiger partial charge in [-0.3, -0.25) is 4.99 Å². The number of carboxylic acids is 1. The molecule has 0 bridgehead atoms. The fraction of sp³-hybridized carbons (Fsp3) is 0.250. The van der Waals surface area contributed by atoms with Crippen LogP contribution >= 0.6 is 23.2 Å². The number of nitrogens with zero attached hydrogens (tertiary/aromatic N) is 2. The third-order valence-electron chi connectivity index (χ3n) is 2.55. The van der Waals surface area contributed by atoms with E-state index in [0.717, 1.165) is 0 Å². The fourth-order valence-electron chi connectivity index (χ4n) is 1.68. The van der Waals surface area contributed by atoms with Gasteiger partial charge in [0.2, 0.25) is 0 Å². The van der Waals surface area contributed by atoms with Crippen molar-refractivity contribution in [3.8, 4) is 0 Å². The van der Waals surface area contributed by atoms with Crippen molar-refractivity contribution in [1.29, 1.82) is 0 Å². The second kappa shape index (κ2) is 6.21. The minimum atomic E-state index is -1.33. The maximum absolute atomic E-state index is 11.3. The van der Waals surface area contributed by atoms with Gasteiger partial charge in [-0.25, -0.2) is 9.78 Å². The summed E-state index contributed by atoms with van der Waals surface area (Å²) in [5, 5.41) is 19.7. The number of pyridine rings is 1. The highest BCUT2D eigenvalue weighted by atomic mass is 35.5. The Balaban J connectivity index is 2.54. The van der Waals surface area contributed by atoms with E-state index in [2.05, 4.69) is 9.98 Å². The van der Waals surface area contributed by atoms with Gasteiger partial charge < -0.3 is 14.9 Å². The Labute approximate surface area is 124 Å². The number of aliphatic carboxylic acids is 1. The maximum atomic E-state index is 11.3. The van der Waals surface area contributed by atoms with E-state index < -0.39 is 11.7 Å². The molecule has 6 nitrogen and oxygen atoms in total. The molecule has 2 heterocycles. The normalized spacial score (nSPS) is 16.4. The van der Waals surface area contributed by atoms with Crippen LogP contribution in [0, 0.1) is 0 Å². The van der Waals surface area contributed by atoms with Gasteiger partial charge in [-0.2, -0.15) is 0 Å². The molecular formula is C12H10Cl2N2O4. The molecular weight excluding hydrogens is 307 g/mol. The highest BCUT2D eigenvalue weighted by Crippen LogP contribution is 2.26. The smallest absolute Gasteiger partial charge is 0.341 e. The van der Waals surface area contributed by atoms with Crippen LogP contribution in [0.5, 0.6) is 0 Å². The molecule has 8 heteroatoms. The summed E-state index contributed by atoms with van der Waals surface area (Å²) in [6, 6.07) is 1.36. The molecule has 0 fully saturated rings. The van der Waals surface area contributed by atoms with Crippen LogP contribution in [0.25, 0.3) is 5.76 Å². The molecule has 0 atom stereocenters. The molecule has 1 aromatic heterocycles. The lowest BCUT2D eigenvalue weighted by Crippen LogP contribution is -2.25. The quantitative estimate of drug-likeness (QED) is 0.659. The first-order chi connectivity index (χ1) is 9.50. The van der Waals surface area contributed by atoms with E-state index >= 15 is 0 Å². The first-order valence-corrected chi connectivity index (χ1v) is 6.35. The average molecular weight is 317 g/mol. The SMILES string of the molecule is O=C(O)C(C1=NCCOC1)=C(O)c1ncc(Cl)cc1Cl. The highest BCUT2D eigenvalue weighted by Gasteiger charge is 2.25. The summed E-state index contributed by atoms with van der Waals surface area (Å²) >= 11 is 11.6. The number of aliphatic hydroxyl groups is 1. The number of aliphatic hydroxyl groups excluding tert-OH is 1. The zero-order valence-corrected chi connectivity index (χ0v) is 11.6. The number of aromatic nitrogens is 1. The number of carboxylic acid groups (broad SMARTS) is 1. The number of carbonyl (C=O) groups is 1. The van der Waals surface area contributed by atoms with Gasteiger partial charge >= 0.3 is 5.97 Å². The van der Waals surface area contributed by atoms with Crippen LogP contribution in [0.2, 0.25) is 10.0 Å². The van der Waals surface area contributed by atoms with Gasteiger partial charge in [0, 0.05) is 6.20 Å². The molecule has 1 aliphatic rings. The van der Waals surface area contributed by atoms with Gasteiger partial charge in [0.15, 0.2) is 5.76 Å². The van der Waals surface area contributed by atoms with Crippen molar-refractivity contribution < 1.29 is 19.7 Å². The molecule has 0 saturated carbocycles. The summed E-state index contributed by atoms with van der Waals surface area (Å²) < 4.78 is 5.13. The first kappa shape index (κ1) is 14.8. The third kappa shape index (κ3) is 3.09. The fourth-order valence-corrected chi connectivity index (χ4v) is 2.15. The summed E-state index contributed by atoms with van der Waals surface area (Å²) in [6.07, 6.45) is 1.26. The lowest BCUT2D eigenvalue weighted by atomic mass is 10.1. The van der Waals surface area contributed by atoms with Gasteiger partial charge in [-0.15, -0.1) is 0 Å². The van der Waals surface area contributed by atoms with Crippen LogP contribution in [0.1, 0.15) is 5.69 Å². The van der Waals surface area contributed by atoms with Crippen molar-refractivity contribution in [2.75, 3.05) is 19.8 Å². The predicted molar refractivity (Wildman–Crippen MR) is 74.6 cm³/mol. The van der Waals surface area contributed by atoms with Crippen molar-refractivity contribution in [1.82, 2.24) is 4.98 Å². The molecule has 0 radical (unpaired) electrons. The Morgan fingerprint density at radius 2 is 2.10 bits per heavy atom. The molecule has 0 saturated heterocycles. The zero-order chi connectivity index (χ0) is 14.7.